The highest BCUT2D eigenvalue weighted by molar-refractivity contribution is 5.77. The Morgan fingerprint density at radius 1 is 1.32 bits per heavy atom. The maximum absolute atomic E-state index is 12.0. The lowest BCUT2D eigenvalue weighted by atomic mass is 9.81. The molecule has 0 aliphatic heterocycles. The number of rotatable bonds is 6. The topological polar surface area (TPSA) is 49.3 Å². The van der Waals surface area contributed by atoms with Crippen LogP contribution in [-0.2, 0) is 10.2 Å². The Kier molecular flexibility index (Phi) is 5.55. The van der Waals surface area contributed by atoms with Crippen molar-refractivity contribution >= 4 is 5.91 Å². The Morgan fingerprint density at radius 3 is 2.37 bits per heavy atom. The maximum atomic E-state index is 12.0. The molecule has 0 saturated carbocycles. The molecule has 106 valence electrons. The summed E-state index contributed by atoms with van der Waals surface area (Å²) in [5.41, 5.74) is 2.17. The van der Waals surface area contributed by atoms with Gasteiger partial charge in [-0.25, -0.2) is 0 Å². The first kappa shape index (κ1) is 15.7. The van der Waals surface area contributed by atoms with Gasteiger partial charge in [0.2, 0.25) is 5.91 Å². The molecule has 0 spiro atoms. The summed E-state index contributed by atoms with van der Waals surface area (Å²) in [7, 11) is 0. The standard InChI is InChI=1S/C16H25NO2/c1-5-14(11-18)17-15(19)10-16(3,4)13-8-6-12(2)7-9-13/h6-9,14,18H,5,10-11H2,1-4H3,(H,17,19). The van der Waals surface area contributed by atoms with Crippen molar-refractivity contribution < 1.29 is 9.90 Å². The summed E-state index contributed by atoms with van der Waals surface area (Å²) in [5, 5.41) is 12.0. The number of carbonyl (C=O) groups is 1. The Hall–Kier alpha value is -1.35. The van der Waals surface area contributed by atoms with Crippen LogP contribution in [0.1, 0.15) is 44.7 Å². The molecule has 1 aromatic carbocycles. The van der Waals surface area contributed by atoms with Crippen molar-refractivity contribution in [1.29, 1.82) is 0 Å². The Bertz CT molecular complexity index is 405. The molecule has 3 heteroatoms. The van der Waals surface area contributed by atoms with E-state index in [1.165, 1.54) is 5.56 Å². The van der Waals surface area contributed by atoms with Crippen LogP contribution in [-0.4, -0.2) is 23.7 Å². The smallest absolute Gasteiger partial charge is 0.221 e. The first-order valence-electron chi connectivity index (χ1n) is 6.86. The summed E-state index contributed by atoms with van der Waals surface area (Å²) in [5.74, 6) is -0.00789. The molecule has 0 saturated heterocycles. The van der Waals surface area contributed by atoms with Crippen molar-refractivity contribution in [2.75, 3.05) is 6.61 Å². The molecular formula is C16H25NO2. The number of aliphatic hydroxyl groups is 1. The van der Waals surface area contributed by atoms with Crippen molar-refractivity contribution in [3.8, 4) is 0 Å². The number of benzene rings is 1. The van der Waals surface area contributed by atoms with Gasteiger partial charge < -0.3 is 10.4 Å². The SMILES string of the molecule is CCC(CO)NC(=O)CC(C)(C)c1ccc(C)cc1. The molecule has 19 heavy (non-hydrogen) atoms. The molecule has 1 atom stereocenters. The van der Waals surface area contributed by atoms with Gasteiger partial charge in [0.1, 0.15) is 0 Å². The lowest BCUT2D eigenvalue weighted by molar-refractivity contribution is -0.123. The average Bonchev–Trinajstić information content (AvgIpc) is 2.35. The number of amides is 1. The van der Waals surface area contributed by atoms with Gasteiger partial charge in [0.25, 0.3) is 0 Å². The quantitative estimate of drug-likeness (QED) is 0.828. The third-order valence-corrected chi connectivity index (χ3v) is 3.51. The minimum absolute atomic E-state index is 0.00675. The van der Waals surface area contributed by atoms with E-state index in [2.05, 4.69) is 50.4 Å². The third-order valence-electron chi connectivity index (χ3n) is 3.51. The van der Waals surface area contributed by atoms with E-state index in [9.17, 15) is 4.79 Å². The van der Waals surface area contributed by atoms with E-state index in [-0.39, 0.29) is 24.0 Å². The van der Waals surface area contributed by atoms with Crippen molar-refractivity contribution in [2.24, 2.45) is 0 Å². The van der Waals surface area contributed by atoms with Gasteiger partial charge in [0.05, 0.1) is 12.6 Å². The molecule has 0 aromatic heterocycles. The van der Waals surface area contributed by atoms with Gasteiger partial charge in [0.15, 0.2) is 0 Å². The number of nitrogens with one attached hydrogen (secondary N) is 1. The lowest BCUT2D eigenvalue weighted by Gasteiger charge is -2.26. The number of hydrogen-bond acceptors (Lipinski definition) is 2. The summed E-state index contributed by atoms with van der Waals surface area (Å²) in [6.45, 7) is 8.13. The van der Waals surface area contributed by atoms with Crippen LogP contribution in [0.5, 0.6) is 0 Å². The van der Waals surface area contributed by atoms with E-state index >= 15 is 0 Å². The fourth-order valence-corrected chi connectivity index (χ4v) is 2.06. The van der Waals surface area contributed by atoms with Gasteiger partial charge in [-0.15, -0.1) is 0 Å². The summed E-state index contributed by atoms with van der Waals surface area (Å²) in [6, 6.07) is 8.15. The van der Waals surface area contributed by atoms with E-state index in [1.54, 1.807) is 0 Å². The van der Waals surface area contributed by atoms with Gasteiger partial charge in [-0.3, -0.25) is 4.79 Å². The second-order valence-electron chi connectivity index (χ2n) is 5.78. The van der Waals surface area contributed by atoms with E-state index in [4.69, 9.17) is 5.11 Å². The fraction of sp³-hybridized carbons (Fsp3) is 0.562. The number of carbonyl (C=O) groups excluding carboxylic acids is 1. The molecule has 0 aliphatic carbocycles. The number of aryl methyl sites for hydroxylation is 1. The molecule has 3 nitrogen and oxygen atoms in total. The van der Waals surface area contributed by atoms with Gasteiger partial charge >= 0.3 is 0 Å². The van der Waals surface area contributed by atoms with Crippen LogP contribution in [0.25, 0.3) is 0 Å². The van der Waals surface area contributed by atoms with Crippen LogP contribution in [0.2, 0.25) is 0 Å². The molecule has 2 N–H and O–H groups in total. The van der Waals surface area contributed by atoms with E-state index < -0.39 is 0 Å². The maximum Gasteiger partial charge on any atom is 0.221 e. The predicted octanol–water partition coefficient (Wildman–Crippen LogP) is 2.55. The Labute approximate surface area is 116 Å². The lowest BCUT2D eigenvalue weighted by Crippen LogP contribution is -2.39. The second-order valence-corrected chi connectivity index (χ2v) is 5.78. The van der Waals surface area contributed by atoms with Crippen molar-refractivity contribution in [3.63, 3.8) is 0 Å². The van der Waals surface area contributed by atoms with Crippen LogP contribution in [0.15, 0.2) is 24.3 Å². The zero-order chi connectivity index (χ0) is 14.5. The predicted molar refractivity (Wildman–Crippen MR) is 78.1 cm³/mol. The molecule has 1 amide bonds. The summed E-state index contributed by atoms with van der Waals surface area (Å²) < 4.78 is 0. The molecule has 0 fully saturated rings. The summed E-state index contributed by atoms with van der Waals surface area (Å²) in [6.07, 6.45) is 1.17. The van der Waals surface area contributed by atoms with Crippen molar-refractivity contribution in [2.45, 2.75) is 52.0 Å². The summed E-state index contributed by atoms with van der Waals surface area (Å²) >= 11 is 0. The van der Waals surface area contributed by atoms with Crippen LogP contribution >= 0.6 is 0 Å². The highest BCUT2D eigenvalue weighted by Crippen LogP contribution is 2.27. The van der Waals surface area contributed by atoms with Crippen LogP contribution < -0.4 is 5.32 Å². The van der Waals surface area contributed by atoms with E-state index in [0.717, 1.165) is 12.0 Å². The van der Waals surface area contributed by atoms with Crippen LogP contribution in [0.4, 0.5) is 0 Å². The van der Waals surface area contributed by atoms with Gasteiger partial charge in [-0.2, -0.15) is 0 Å². The Morgan fingerprint density at radius 2 is 1.89 bits per heavy atom. The zero-order valence-electron chi connectivity index (χ0n) is 12.4. The van der Waals surface area contributed by atoms with Crippen LogP contribution in [0, 0.1) is 6.92 Å². The number of hydrogen-bond donors (Lipinski definition) is 2. The van der Waals surface area contributed by atoms with Gasteiger partial charge in [-0.1, -0.05) is 50.6 Å². The highest BCUT2D eigenvalue weighted by Gasteiger charge is 2.24. The van der Waals surface area contributed by atoms with Crippen molar-refractivity contribution in [1.82, 2.24) is 5.32 Å². The summed E-state index contributed by atoms with van der Waals surface area (Å²) in [4.78, 5) is 12.0. The molecule has 0 heterocycles. The molecule has 0 radical (unpaired) electrons. The molecule has 1 rings (SSSR count). The first-order chi connectivity index (χ1) is 8.89. The van der Waals surface area contributed by atoms with Crippen LogP contribution in [0.3, 0.4) is 0 Å². The molecule has 1 aromatic rings. The molecule has 0 bridgehead atoms. The number of aliphatic hydroxyl groups excluding tert-OH is 1. The highest BCUT2D eigenvalue weighted by atomic mass is 16.3. The van der Waals surface area contributed by atoms with E-state index in [1.807, 2.05) is 6.92 Å². The third kappa shape index (κ3) is 4.67. The monoisotopic (exact) mass is 263 g/mol. The molecule has 1 unspecified atom stereocenters. The minimum atomic E-state index is -0.203. The van der Waals surface area contributed by atoms with Crippen molar-refractivity contribution in [3.05, 3.63) is 35.4 Å². The second kappa shape index (κ2) is 6.71. The molecular weight excluding hydrogens is 238 g/mol. The zero-order valence-corrected chi connectivity index (χ0v) is 12.4. The average molecular weight is 263 g/mol. The van der Waals surface area contributed by atoms with E-state index in [0.29, 0.717) is 6.42 Å². The first-order valence-corrected chi connectivity index (χ1v) is 6.86. The minimum Gasteiger partial charge on any atom is -0.394 e. The Balaban J connectivity index is 2.68. The largest absolute Gasteiger partial charge is 0.394 e. The normalized spacial score (nSPS) is 13.1. The molecule has 0 aliphatic rings. The van der Waals surface area contributed by atoms with Gasteiger partial charge in [0, 0.05) is 6.42 Å². The van der Waals surface area contributed by atoms with Gasteiger partial charge in [-0.05, 0) is 24.3 Å². The fourth-order valence-electron chi connectivity index (χ4n) is 2.06.